The van der Waals surface area contributed by atoms with Crippen LogP contribution in [-0.2, 0) is 10.0 Å². The predicted molar refractivity (Wildman–Crippen MR) is 109 cm³/mol. The van der Waals surface area contributed by atoms with Gasteiger partial charge < -0.3 is 4.90 Å². The predicted octanol–water partition coefficient (Wildman–Crippen LogP) is 2.83. The summed E-state index contributed by atoms with van der Waals surface area (Å²) in [5, 5.41) is -0.108. The Balaban J connectivity index is 1.56. The van der Waals surface area contributed by atoms with E-state index in [4.69, 9.17) is 11.6 Å². The number of piperazine rings is 1. The van der Waals surface area contributed by atoms with Crippen LogP contribution in [0.5, 0.6) is 0 Å². The number of fused-ring (bicyclic) bond motifs is 1. The molecule has 0 spiro atoms. The second-order valence-electron chi connectivity index (χ2n) is 7.07. The fourth-order valence-electron chi connectivity index (χ4n) is 3.63. The molecule has 0 atom stereocenters. The van der Waals surface area contributed by atoms with Crippen LogP contribution in [0, 0.1) is 6.92 Å². The minimum Gasteiger partial charge on any atom is -0.364 e. The maximum atomic E-state index is 12.9. The number of hydrogen-bond donors (Lipinski definition) is 0. The van der Waals surface area contributed by atoms with Crippen molar-refractivity contribution in [3.05, 3.63) is 76.0 Å². The van der Waals surface area contributed by atoms with E-state index in [1.54, 1.807) is 53.4 Å². The average Bonchev–Trinajstić information content (AvgIpc) is 2.73. The zero-order chi connectivity index (χ0) is 20.8. The molecule has 8 heteroatoms. The molecule has 150 valence electrons. The summed E-state index contributed by atoms with van der Waals surface area (Å²) in [5.41, 5.74) is 1.76. The summed E-state index contributed by atoms with van der Waals surface area (Å²) in [5.74, 6) is -0.688. The number of carbonyl (C=O) groups excluding carboxylic acids is 2. The summed E-state index contributed by atoms with van der Waals surface area (Å²) < 4.78 is 27.1. The van der Waals surface area contributed by atoms with Crippen molar-refractivity contribution in [3.8, 4) is 0 Å². The van der Waals surface area contributed by atoms with E-state index in [1.165, 1.54) is 4.31 Å². The van der Waals surface area contributed by atoms with Gasteiger partial charge in [-0.1, -0.05) is 53.6 Å². The van der Waals surface area contributed by atoms with E-state index in [9.17, 15) is 18.0 Å². The molecule has 1 saturated heterocycles. The van der Waals surface area contributed by atoms with Crippen molar-refractivity contribution in [2.45, 2.75) is 11.8 Å². The van der Waals surface area contributed by atoms with Gasteiger partial charge in [0.1, 0.15) is 10.7 Å². The molecule has 1 fully saturated rings. The van der Waals surface area contributed by atoms with Crippen molar-refractivity contribution in [1.82, 2.24) is 9.21 Å². The fraction of sp³-hybridized carbons (Fsp3) is 0.238. The van der Waals surface area contributed by atoms with Gasteiger partial charge >= 0.3 is 0 Å². The number of aryl methyl sites for hydroxylation is 1. The Kier molecular flexibility index (Phi) is 5.06. The van der Waals surface area contributed by atoms with Crippen LogP contribution in [0.15, 0.2) is 64.2 Å². The van der Waals surface area contributed by atoms with Crippen molar-refractivity contribution in [2.24, 2.45) is 0 Å². The Morgan fingerprint density at radius 2 is 1.38 bits per heavy atom. The third-order valence-corrected chi connectivity index (χ3v) is 7.52. The lowest BCUT2D eigenvalue weighted by atomic mass is 9.91. The van der Waals surface area contributed by atoms with Crippen LogP contribution in [0.2, 0.25) is 0 Å². The summed E-state index contributed by atoms with van der Waals surface area (Å²) in [4.78, 5) is 27.5. The Bertz CT molecular complexity index is 1130. The van der Waals surface area contributed by atoms with Gasteiger partial charge in [0.05, 0.1) is 4.90 Å². The molecular weight excluding hydrogens is 412 g/mol. The van der Waals surface area contributed by atoms with Crippen molar-refractivity contribution in [1.29, 1.82) is 0 Å². The normalized spacial score (nSPS) is 18.2. The molecular formula is C21H19ClN2O4S. The van der Waals surface area contributed by atoms with Gasteiger partial charge in [0.15, 0.2) is 0 Å². The molecule has 2 aromatic carbocycles. The van der Waals surface area contributed by atoms with Crippen LogP contribution >= 0.6 is 11.6 Å². The SMILES string of the molecule is Cc1ccc(S(=O)(=O)N2CCN(C3=C(Cl)C(=O)c4ccccc4C3=O)CC2)cc1. The first kappa shape index (κ1) is 19.8. The number of halogens is 1. The van der Waals surface area contributed by atoms with Gasteiger partial charge in [-0.2, -0.15) is 4.31 Å². The zero-order valence-electron chi connectivity index (χ0n) is 15.8. The molecule has 1 aliphatic carbocycles. The molecule has 1 heterocycles. The van der Waals surface area contributed by atoms with Crippen LogP contribution in [0.3, 0.4) is 0 Å². The molecule has 2 aromatic rings. The van der Waals surface area contributed by atoms with Crippen LogP contribution in [-0.4, -0.2) is 55.4 Å². The molecule has 0 saturated carbocycles. The van der Waals surface area contributed by atoms with Gasteiger partial charge in [0, 0.05) is 37.3 Å². The highest BCUT2D eigenvalue weighted by atomic mass is 35.5. The van der Waals surface area contributed by atoms with Crippen molar-refractivity contribution in [2.75, 3.05) is 26.2 Å². The minimum absolute atomic E-state index is 0.108. The highest BCUT2D eigenvalue weighted by Gasteiger charge is 2.37. The van der Waals surface area contributed by atoms with E-state index < -0.39 is 10.0 Å². The summed E-state index contributed by atoms with van der Waals surface area (Å²) in [6.45, 7) is 2.85. The molecule has 0 radical (unpaired) electrons. The van der Waals surface area contributed by atoms with Crippen LogP contribution < -0.4 is 0 Å². The zero-order valence-corrected chi connectivity index (χ0v) is 17.3. The molecule has 1 aliphatic heterocycles. The lowest BCUT2D eigenvalue weighted by Gasteiger charge is -2.37. The lowest BCUT2D eigenvalue weighted by Crippen LogP contribution is -2.49. The van der Waals surface area contributed by atoms with Gasteiger partial charge in [-0.05, 0) is 19.1 Å². The van der Waals surface area contributed by atoms with Crippen LogP contribution in [0.4, 0.5) is 0 Å². The van der Waals surface area contributed by atoms with E-state index in [2.05, 4.69) is 0 Å². The van der Waals surface area contributed by atoms with E-state index in [-0.39, 0.29) is 53.4 Å². The van der Waals surface area contributed by atoms with Gasteiger partial charge in [0.2, 0.25) is 21.6 Å². The minimum atomic E-state index is -3.61. The standard InChI is InChI=1S/C21H19ClN2O4S/c1-14-6-8-15(9-7-14)29(27,28)24-12-10-23(11-13-24)19-18(22)20(25)16-4-2-3-5-17(16)21(19)26/h2-9H,10-13H2,1H3. The largest absolute Gasteiger partial charge is 0.364 e. The molecule has 4 rings (SSSR count). The average molecular weight is 431 g/mol. The Hall–Kier alpha value is -2.48. The molecule has 0 aromatic heterocycles. The van der Waals surface area contributed by atoms with Crippen molar-refractivity contribution < 1.29 is 18.0 Å². The first-order valence-corrected chi connectivity index (χ1v) is 11.0. The molecule has 2 aliphatic rings. The molecule has 29 heavy (non-hydrogen) atoms. The molecule has 0 unspecified atom stereocenters. The summed E-state index contributed by atoms with van der Waals surface area (Å²) >= 11 is 6.26. The van der Waals surface area contributed by atoms with Crippen molar-refractivity contribution in [3.63, 3.8) is 0 Å². The first-order valence-electron chi connectivity index (χ1n) is 9.20. The number of allylic oxidation sites excluding steroid dienone is 2. The van der Waals surface area contributed by atoms with Crippen LogP contribution in [0.1, 0.15) is 26.3 Å². The van der Waals surface area contributed by atoms with E-state index in [0.29, 0.717) is 11.1 Å². The van der Waals surface area contributed by atoms with Gasteiger partial charge in [-0.15, -0.1) is 0 Å². The number of benzene rings is 2. The second-order valence-corrected chi connectivity index (χ2v) is 9.39. The third-order valence-electron chi connectivity index (χ3n) is 5.25. The molecule has 6 nitrogen and oxygen atoms in total. The van der Waals surface area contributed by atoms with E-state index >= 15 is 0 Å². The van der Waals surface area contributed by atoms with Gasteiger partial charge in [-0.3, -0.25) is 9.59 Å². The summed E-state index contributed by atoms with van der Waals surface area (Å²) in [6.07, 6.45) is 0. The second kappa shape index (κ2) is 7.40. The van der Waals surface area contributed by atoms with Gasteiger partial charge in [0.25, 0.3) is 0 Å². The number of rotatable bonds is 3. The first-order chi connectivity index (χ1) is 13.8. The molecule has 0 amide bonds. The Morgan fingerprint density at radius 1 is 0.828 bits per heavy atom. The van der Waals surface area contributed by atoms with Crippen molar-refractivity contribution >= 4 is 33.2 Å². The van der Waals surface area contributed by atoms with E-state index in [0.717, 1.165) is 5.56 Å². The highest BCUT2D eigenvalue weighted by Crippen LogP contribution is 2.31. The summed E-state index contributed by atoms with van der Waals surface area (Å²) in [7, 11) is -3.61. The smallest absolute Gasteiger partial charge is 0.243 e. The Morgan fingerprint density at radius 3 is 1.97 bits per heavy atom. The maximum absolute atomic E-state index is 12.9. The lowest BCUT2D eigenvalue weighted by molar-refractivity contribution is 0.0933. The Labute approximate surface area is 174 Å². The topological polar surface area (TPSA) is 74.8 Å². The summed E-state index contributed by atoms with van der Waals surface area (Å²) in [6, 6.07) is 13.3. The number of sulfonamides is 1. The number of Topliss-reactive ketones (excluding diaryl/α,β-unsaturated/α-hetero) is 2. The number of ketones is 2. The molecule has 0 bridgehead atoms. The number of carbonyl (C=O) groups is 2. The maximum Gasteiger partial charge on any atom is 0.243 e. The number of hydrogen-bond acceptors (Lipinski definition) is 5. The fourth-order valence-corrected chi connectivity index (χ4v) is 5.36. The quantitative estimate of drug-likeness (QED) is 0.748. The highest BCUT2D eigenvalue weighted by molar-refractivity contribution is 7.89. The molecule has 0 N–H and O–H groups in total. The number of nitrogens with zero attached hydrogens (tertiary/aromatic N) is 2. The van der Waals surface area contributed by atoms with Gasteiger partial charge in [-0.25, -0.2) is 8.42 Å². The van der Waals surface area contributed by atoms with Crippen LogP contribution in [0.25, 0.3) is 0 Å². The third kappa shape index (κ3) is 3.39. The monoisotopic (exact) mass is 430 g/mol. The van der Waals surface area contributed by atoms with E-state index in [1.807, 2.05) is 6.92 Å².